The number of hydrogen-bond donors (Lipinski definition) is 1. The van der Waals surface area contributed by atoms with E-state index >= 15 is 0 Å². The predicted molar refractivity (Wildman–Crippen MR) is 77.9 cm³/mol. The Bertz CT molecular complexity index is 417. The standard InChI is InChI=1S/C13H22N4O.ClH/c1-13(2,3)17-10-11(9-15-17)12(18)16-7-4-5-14-6-8-16;/h9-10,14H,4-8H2,1-3H3;1H. The van der Waals surface area contributed by atoms with Crippen LogP contribution < -0.4 is 5.32 Å². The van der Waals surface area contributed by atoms with E-state index in [0.29, 0.717) is 5.56 Å². The van der Waals surface area contributed by atoms with Gasteiger partial charge >= 0.3 is 0 Å². The quantitative estimate of drug-likeness (QED) is 0.851. The van der Waals surface area contributed by atoms with E-state index < -0.39 is 0 Å². The molecule has 6 heteroatoms. The number of amides is 1. The number of rotatable bonds is 1. The zero-order valence-electron chi connectivity index (χ0n) is 11.8. The van der Waals surface area contributed by atoms with Crippen LogP contribution in [-0.2, 0) is 5.54 Å². The molecule has 19 heavy (non-hydrogen) atoms. The Hall–Kier alpha value is -1.07. The molecular formula is C13H23ClN4O. The number of carbonyl (C=O) groups excluding carboxylic acids is 1. The van der Waals surface area contributed by atoms with E-state index in [-0.39, 0.29) is 23.9 Å². The molecule has 1 amide bonds. The average molecular weight is 287 g/mol. The number of carbonyl (C=O) groups is 1. The lowest BCUT2D eigenvalue weighted by Crippen LogP contribution is -2.34. The molecule has 1 aliphatic rings. The molecule has 0 saturated carbocycles. The van der Waals surface area contributed by atoms with Crippen LogP contribution in [0, 0.1) is 0 Å². The highest BCUT2D eigenvalue weighted by molar-refractivity contribution is 5.93. The Morgan fingerprint density at radius 2 is 2.05 bits per heavy atom. The maximum atomic E-state index is 12.3. The summed E-state index contributed by atoms with van der Waals surface area (Å²) in [5.74, 6) is 0.0919. The van der Waals surface area contributed by atoms with Gasteiger partial charge in [-0.2, -0.15) is 5.10 Å². The van der Waals surface area contributed by atoms with Gasteiger partial charge in [0.05, 0.1) is 17.3 Å². The topological polar surface area (TPSA) is 50.2 Å². The number of halogens is 1. The van der Waals surface area contributed by atoms with Crippen molar-refractivity contribution in [1.29, 1.82) is 0 Å². The van der Waals surface area contributed by atoms with Crippen molar-refractivity contribution in [2.75, 3.05) is 26.2 Å². The smallest absolute Gasteiger partial charge is 0.257 e. The van der Waals surface area contributed by atoms with E-state index in [0.717, 1.165) is 32.6 Å². The monoisotopic (exact) mass is 286 g/mol. The van der Waals surface area contributed by atoms with Crippen LogP contribution in [0.3, 0.4) is 0 Å². The molecule has 1 aliphatic heterocycles. The SMILES string of the molecule is CC(C)(C)n1cc(C(=O)N2CCCNCC2)cn1.Cl. The molecule has 2 rings (SSSR count). The van der Waals surface area contributed by atoms with E-state index in [9.17, 15) is 4.79 Å². The van der Waals surface area contributed by atoms with E-state index in [2.05, 4.69) is 31.2 Å². The van der Waals surface area contributed by atoms with Gasteiger partial charge in [0.25, 0.3) is 5.91 Å². The summed E-state index contributed by atoms with van der Waals surface area (Å²) < 4.78 is 1.84. The van der Waals surface area contributed by atoms with Crippen LogP contribution in [0.4, 0.5) is 0 Å². The zero-order chi connectivity index (χ0) is 13.2. The number of nitrogens with one attached hydrogen (secondary N) is 1. The Balaban J connectivity index is 0.00000180. The molecule has 0 bridgehead atoms. The number of hydrogen-bond acceptors (Lipinski definition) is 3. The number of aromatic nitrogens is 2. The molecule has 0 aromatic carbocycles. The maximum Gasteiger partial charge on any atom is 0.257 e. The second-order valence-electron chi connectivity index (χ2n) is 5.74. The molecule has 0 atom stereocenters. The van der Waals surface area contributed by atoms with Crippen LogP contribution in [0.15, 0.2) is 12.4 Å². The zero-order valence-corrected chi connectivity index (χ0v) is 12.7. The summed E-state index contributed by atoms with van der Waals surface area (Å²) in [5, 5.41) is 7.58. The molecule has 1 fully saturated rings. The van der Waals surface area contributed by atoms with Crippen LogP contribution in [0.1, 0.15) is 37.6 Å². The van der Waals surface area contributed by atoms with Crippen LogP contribution in [0.5, 0.6) is 0 Å². The second-order valence-corrected chi connectivity index (χ2v) is 5.74. The molecule has 1 aromatic heterocycles. The van der Waals surface area contributed by atoms with E-state index in [1.807, 2.05) is 15.8 Å². The third-order valence-corrected chi connectivity index (χ3v) is 3.14. The Labute approximate surface area is 120 Å². The molecule has 5 nitrogen and oxygen atoms in total. The first-order valence-corrected chi connectivity index (χ1v) is 6.53. The molecule has 1 saturated heterocycles. The van der Waals surface area contributed by atoms with Crippen molar-refractivity contribution in [3.8, 4) is 0 Å². The van der Waals surface area contributed by atoms with E-state index in [4.69, 9.17) is 0 Å². The fourth-order valence-corrected chi connectivity index (χ4v) is 2.03. The van der Waals surface area contributed by atoms with Gasteiger partial charge in [-0.15, -0.1) is 12.4 Å². The largest absolute Gasteiger partial charge is 0.337 e. The molecule has 0 spiro atoms. The molecule has 0 aliphatic carbocycles. The molecule has 108 valence electrons. The molecular weight excluding hydrogens is 264 g/mol. The molecule has 1 N–H and O–H groups in total. The Morgan fingerprint density at radius 1 is 1.32 bits per heavy atom. The van der Waals surface area contributed by atoms with Gasteiger partial charge in [0, 0.05) is 25.8 Å². The lowest BCUT2D eigenvalue weighted by atomic mass is 10.1. The highest BCUT2D eigenvalue weighted by atomic mass is 35.5. The summed E-state index contributed by atoms with van der Waals surface area (Å²) in [6.07, 6.45) is 4.53. The van der Waals surface area contributed by atoms with Crippen LogP contribution >= 0.6 is 12.4 Å². The minimum Gasteiger partial charge on any atom is -0.337 e. The Morgan fingerprint density at radius 3 is 2.68 bits per heavy atom. The van der Waals surface area contributed by atoms with Gasteiger partial charge in [0.1, 0.15) is 0 Å². The van der Waals surface area contributed by atoms with Crippen molar-refractivity contribution < 1.29 is 4.79 Å². The summed E-state index contributed by atoms with van der Waals surface area (Å²) in [7, 11) is 0. The maximum absolute atomic E-state index is 12.3. The third kappa shape index (κ3) is 3.94. The average Bonchev–Trinajstić information content (AvgIpc) is 2.65. The van der Waals surface area contributed by atoms with Crippen LogP contribution in [-0.4, -0.2) is 46.8 Å². The normalized spacial score (nSPS) is 16.7. The van der Waals surface area contributed by atoms with Gasteiger partial charge in [-0.25, -0.2) is 0 Å². The van der Waals surface area contributed by atoms with Crippen molar-refractivity contribution in [2.24, 2.45) is 0 Å². The second kappa shape index (κ2) is 6.39. The summed E-state index contributed by atoms with van der Waals surface area (Å²) in [6, 6.07) is 0. The van der Waals surface area contributed by atoms with Gasteiger partial charge < -0.3 is 10.2 Å². The molecule has 0 radical (unpaired) electrons. The highest BCUT2D eigenvalue weighted by Gasteiger charge is 2.21. The van der Waals surface area contributed by atoms with Gasteiger partial charge in [-0.1, -0.05) is 0 Å². The minimum absolute atomic E-state index is 0. The van der Waals surface area contributed by atoms with E-state index in [1.165, 1.54) is 0 Å². The van der Waals surface area contributed by atoms with Crippen molar-refractivity contribution in [1.82, 2.24) is 20.0 Å². The van der Waals surface area contributed by atoms with Gasteiger partial charge in [-0.3, -0.25) is 9.48 Å². The van der Waals surface area contributed by atoms with Crippen molar-refractivity contribution >= 4 is 18.3 Å². The van der Waals surface area contributed by atoms with Crippen LogP contribution in [0.2, 0.25) is 0 Å². The number of nitrogens with zero attached hydrogens (tertiary/aromatic N) is 3. The minimum atomic E-state index is -0.0845. The van der Waals surface area contributed by atoms with Crippen molar-refractivity contribution in [3.05, 3.63) is 18.0 Å². The lowest BCUT2D eigenvalue weighted by molar-refractivity contribution is 0.0766. The molecule has 0 unspecified atom stereocenters. The lowest BCUT2D eigenvalue weighted by Gasteiger charge is -2.20. The fourth-order valence-electron chi connectivity index (χ4n) is 2.03. The summed E-state index contributed by atoms with van der Waals surface area (Å²) in [6.45, 7) is 9.69. The third-order valence-electron chi connectivity index (χ3n) is 3.14. The van der Waals surface area contributed by atoms with Crippen LogP contribution in [0.25, 0.3) is 0 Å². The highest BCUT2D eigenvalue weighted by Crippen LogP contribution is 2.14. The van der Waals surface area contributed by atoms with Crippen molar-refractivity contribution in [2.45, 2.75) is 32.7 Å². The van der Waals surface area contributed by atoms with Gasteiger partial charge in [-0.05, 0) is 33.7 Å². The Kier molecular flexibility index (Phi) is 5.38. The summed E-state index contributed by atoms with van der Waals surface area (Å²) >= 11 is 0. The predicted octanol–water partition coefficient (Wildman–Crippen LogP) is 1.50. The van der Waals surface area contributed by atoms with Gasteiger partial charge in [0.2, 0.25) is 0 Å². The first-order valence-electron chi connectivity index (χ1n) is 6.53. The van der Waals surface area contributed by atoms with E-state index in [1.54, 1.807) is 6.20 Å². The van der Waals surface area contributed by atoms with Crippen molar-refractivity contribution in [3.63, 3.8) is 0 Å². The summed E-state index contributed by atoms with van der Waals surface area (Å²) in [4.78, 5) is 14.2. The van der Waals surface area contributed by atoms with Gasteiger partial charge in [0.15, 0.2) is 0 Å². The fraction of sp³-hybridized carbons (Fsp3) is 0.692. The molecule has 2 heterocycles. The first-order chi connectivity index (χ1) is 8.48. The summed E-state index contributed by atoms with van der Waals surface area (Å²) in [5.41, 5.74) is 0.602. The molecule has 1 aromatic rings. The first kappa shape index (κ1) is 16.0.